The van der Waals surface area contributed by atoms with Gasteiger partial charge in [-0.3, -0.25) is 4.90 Å². The van der Waals surface area contributed by atoms with Gasteiger partial charge in [-0.15, -0.1) is 0 Å². The van der Waals surface area contributed by atoms with Crippen LogP contribution in [-0.2, 0) is 18.9 Å². The highest BCUT2D eigenvalue weighted by molar-refractivity contribution is 5.69. The van der Waals surface area contributed by atoms with E-state index < -0.39 is 11.4 Å². The Hall–Kier alpha value is -0.850. The number of nitrogens with zero attached hydrogens (tertiary/aromatic N) is 1. The van der Waals surface area contributed by atoms with Gasteiger partial charge in [-0.2, -0.15) is 0 Å². The highest BCUT2D eigenvalue weighted by Crippen LogP contribution is 2.41. The summed E-state index contributed by atoms with van der Waals surface area (Å²) in [5, 5.41) is 0. The van der Waals surface area contributed by atoms with Crippen molar-refractivity contribution in [3.8, 4) is 0 Å². The molecule has 0 radical (unpaired) electrons. The van der Waals surface area contributed by atoms with E-state index in [1.807, 2.05) is 34.6 Å². The second-order valence-corrected chi connectivity index (χ2v) is 7.13. The minimum Gasteiger partial charge on any atom is -0.444 e. The Balaban J connectivity index is 1.74. The second kappa shape index (κ2) is 4.32. The number of fused-ring (bicyclic) bond motifs is 3. The third-order valence-electron chi connectivity index (χ3n) is 3.75. The lowest BCUT2D eigenvalue weighted by Crippen LogP contribution is -2.63. The van der Waals surface area contributed by atoms with E-state index in [-0.39, 0.29) is 30.4 Å². The van der Waals surface area contributed by atoms with Gasteiger partial charge < -0.3 is 18.9 Å². The molecule has 4 atom stereocenters. The zero-order chi connectivity index (χ0) is 14.7. The van der Waals surface area contributed by atoms with Crippen LogP contribution in [0.5, 0.6) is 0 Å². The van der Waals surface area contributed by atoms with Gasteiger partial charge in [0.25, 0.3) is 0 Å². The molecule has 3 heterocycles. The van der Waals surface area contributed by atoms with Gasteiger partial charge in [0.05, 0.1) is 19.2 Å². The van der Waals surface area contributed by atoms with Crippen molar-refractivity contribution in [1.82, 2.24) is 4.90 Å². The summed E-state index contributed by atoms with van der Waals surface area (Å²) in [4.78, 5) is 14.0. The third-order valence-corrected chi connectivity index (χ3v) is 3.75. The first kappa shape index (κ1) is 14.1. The van der Waals surface area contributed by atoms with Crippen molar-refractivity contribution in [3.63, 3.8) is 0 Å². The van der Waals surface area contributed by atoms with E-state index in [0.717, 1.165) is 0 Å². The SMILES string of the molecule is CC(C)(C)OC(=O)N1C[C@@H]2O[C@@H]2[C@@H]2OC(C)(C)OC[C@@H]21. The van der Waals surface area contributed by atoms with Crippen molar-refractivity contribution in [2.24, 2.45) is 0 Å². The van der Waals surface area contributed by atoms with Crippen molar-refractivity contribution in [2.45, 2.75) is 70.4 Å². The molecule has 20 heavy (non-hydrogen) atoms. The summed E-state index contributed by atoms with van der Waals surface area (Å²) in [6.07, 6.45) is -0.307. The van der Waals surface area contributed by atoms with Crippen LogP contribution in [0.2, 0.25) is 0 Å². The lowest BCUT2D eigenvalue weighted by atomic mass is 9.98. The van der Waals surface area contributed by atoms with E-state index in [9.17, 15) is 4.79 Å². The van der Waals surface area contributed by atoms with Crippen LogP contribution in [0.3, 0.4) is 0 Å². The van der Waals surface area contributed by atoms with Crippen LogP contribution < -0.4 is 0 Å². The van der Waals surface area contributed by atoms with Gasteiger partial charge in [-0.25, -0.2) is 4.79 Å². The van der Waals surface area contributed by atoms with Crippen molar-refractivity contribution in [1.29, 1.82) is 0 Å². The molecular formula is C14H23NO5. The van der Waals surface area contributed by atoms with Gasteiger partial charge in [-0.05, 0) is 34.6 Å². The Labute approximate surface area is 119 Å². The number of carbonyl (C=O) groups excluding carboxylic acids is 1. The molecule has 1 amide bonds. The first-order valence-corrected chi connectivity index (χ1v) is 7.13. The van der Waals surface area contributed by atoms with E-state index in [2.05, 4.69) is 0 Å². The molecule has 3 fully saturated rings. The maximum absolute atomic E-state index is 12.3. The molecule has 3 saturated heterocycles. The molecule has 0 aromatic carbocycles. The molecule has 3 aliphatic rings. The smallest absolute Gasteiger partial charge is 0.410 e. The second-order valence-electron chi connectivity index (χ2n) is 7.13. The fraction of sp³-hybridized carbons (Fsp3) is 0.929. The number of carbonyl (C=O) groups is 1. The lowest BCUT2D eigenvalue weighted by Gasteiger charge is -2.46. The summed E-state index contributed by atoms with van der Waals surface area (Å²) in [5.41, 5.74) is -0.510. The van der Waals surface area contributed by atoms with Gasteiger partial charge in [0, 0.05) is 0 Å². The van der Waals surface area contributed by atoms with Crippen LogP contribution >= 0.6 is 0 Å². The fourth-order valence-electron chi connectivity index (χ4n) is 2.83. The maximum Gasteiger partial charge on any atom is 0.410 e. The fourth-order valence-corrected chi connectivity index (χ4v) is 2.83. The Morgan fingerprint density at radius 2 is 2.00 bits per heavy atom. The molecule has 0 N–H and O–H groups in total. The number of likely N-dealkylation sites (tertiary alicyclic amines) is 1. The predicted octanol–water partition coefficient (Wildman–Crippen LogP) is 1.52. The molecule has 0 bridgehead atoms. The highest BCUT2D eigenvalue weighted by atomic mass is 16.7. The molecule has 0 aliphatic carbocycles. The van der Waals surface area contributed by atoms with Crippen LogP contribution in [0.1, 0.15) is 34.6 Å². The van der Waals surface area contributed by atoms with Crippen LogP contribution in [0.15, 0.2) is 0 Å². The molecule has 3 rings (SSSR count). The van der Waals surface area contributed by atoms with Crippen LogP contribution in [0.25, 0.3) is 0 Å². The molecule has 114 valence electrons. The normalized spacial score (nSPS) is 38.8. The topological polar surface area (TPSA) is 60.5 Å². The van der Waals surface area contributed by atoms with Crippen molar-refractivity contribution in [2.75, 3.05) is 13.2 Å². The Kier molecular flexibility index (Phi) is 3.05. The van der Waals surface area contributed by atoms with Crippen molar-refractivity contribution in [3.05, 3.63) is 0 Å². The summed E-state index contributed by atoms with van der Waals surface area (Å²) < 4.78 is 22.7. The molecule has 0 aromatic heterocycles. The van der Waals surface area contributed by atoms with Gasteiger partial charge in [0.15, 0.2) is 5.79 Å². The Morgan fingerprint density at radius 1 is 1.30 bits per heavy atom. The minimum absolute atomic E-state index is 0.0673. The van der Waals surface area contributed by atoms with Gasteiger partial charge in [-0.1, -0.05) is 0 Å². The average molecular weight is 285 g/mol. The summed E-state index contributed by atoms with van der Waals surface area (Å²) in [6.45, 7) is 10.3. The Morgan fingerprint density at radius 3 is 2.65 bits per heavy atom. The maximum atomic E-state index is 12.3. The van der Waals surface area contributed by atoms with Gasteiger partial charge in [0.2, 0.25) is 0 Å². The molecule has 0 aromatic rings. The number of piperidine rings is 1. The summed E-state index contributed by atoms with van der Waals surface area (Å²) in [7, 11) is 0. The number of epoxide rings is 1. The van der Waals surface area contributed by atoms with Crippen LogP contribution in [-0.4, -0.2) is 59.9 Å². The molecule has 0 saturated carbocycles. The number of rotatable bonds is 0. The van der Waals surface area contributed by atoms with E-state index >= 15 is 0 Å². The molecule has 6 heteroatoms. The van der Waals surface area contributed by atoms with Crippen LogP contribution in [0.4, 0.5) is 4.79 Å². The molecule has 6 nitrogen and oxygen atoms in total. The standard InChI is InChI=1S/C14H23NO5/c1-13(2,3)20-12(16)15-6-9-11(18-9)10-8(15)7-17-14(4,5)19-10/h8-11H,6-7H2,1-5H3/t8-,9-,10+,11-/m0/s1. The minimum atomic E-state index is -0.630. The monoisotopic (exact) mass is 285 g/mol. The van der Waals surface area contributed by atoms with Crippen molar-refractivity contribution >= 4 is 6.09 Å². The van der Waals surface area contributed by atoms with Crippen LogP contribution in [0, 0.1) is 0 Å². The van der Waals surface area contributed by atoms with Gasteiger partial charge >= 0.3 is 6.09 Å². The molecule has 0 unspecified atom stereocenters. The molecule has 3 aliphatic heterocycles. The average Bonchev–Trinajstić information content (AvgIpc) is 3.03. The predicted molar refractivity (Wildman–Crippen MR) is 70.3 cm³/mol. The zero-order valence-electron chi connectivity index (χ0n) is 12.7. The quantitative estimate of drug-likeness (QED) is 0.632. The number of hydrogen-bond acceptors (Lipinski definition) is 5. The largest absolute Gasteiger partial charge is 0.444 e. The van der Waals surface area contributed by atoms with Gasteiger partial charge in [0.1, 0.15) is 23.9 Å². The third kappa shape index (κ3) is 2.64. The summed E-state index contributed by atoms with van der Waals surface area (Å²) in [5.74, 6) is -0.630. The van der Waals surface area contributed by atoms with E-state index in [1.165, 1.54) is 0 Å². The molecule has 0 spiro atoms. The lowest BCUT2D eigenvalue weighted by molar-refractivity contribution is -0.296. The number of amides is 1. The van der Waals surface area contributed by atoms with Crippen molar-refractivity contribution < 1.29 is 23.7 Å². The highest BCUT2D eigenvalue weighted by Gasteiger charge is 2.60. The first-order chi connectivity index (χ1) is 9.16. The van der Waals surface area contributed by atoms with E-state index in [0.29, 0.717) is 13.2 Å². The van der Waals surface area contributed by atoms with E-state index in [1.54, 1.807) is 4.90 Å². The Bertz CT molecular complexity index is 416. The summed E-state index contributed by atoms with van der Waals surface area (Å²) >= 11 is 0. The molecular weight excluding hydrogens is 262 g/mol. The number of hydrogen-bond donors (Lipinski definition) is 0. The number of ether oxygens (including phenoxy) is 4. The zero-order valence-corrected chi connectivity index (χ0v) is 12.7. The van der Waals surface area contributed by atoms with E-state index in [4.69, 9.17) is 18.9 Å². The summed E-state index contributed by atoms with van der Waals surface area (Å²) in [6, 6.07) is -0.137. The first-order valence-electron chi connectivity index (χ1n) is 7.13.